The summed E-state index contributed by atoms with van der Waals surface area (Å²) in [7, 11) is 2.11. The van der Waals surface area contributed by atoms with Crippen LogP contribution in [0.15, 0.2) is 73.2 Å². The zero-order valence-electron chi connectivity index (χ0n) is 43.4. The number of ketones is 3. The van der Waals surface area contributed by atoms with Gasteiger partial charge in [-0.1, -0.05) is 79.2 Å². The Kier molecular flexibility index (Phi) is 23.0. The molecular formula is C57H79F3N4O6. The Labute approximate surface area is 414 Å². The maximum absolute atomic E-state index is 13.7. The number of nitrogens with zero attached hydrogens (tertiary/aromatic N) is 3. The van der Waals surface area contributed by atoms with E-state index in [2.05, 4.69) is 83.3 Å². The number of unbranched alkanes of at least 4 members (excludes halogenated alkanes) is 1. The van der Waals surface area contributed by atoms with Gasteiger partial charge in [0.1, 0.15) is 17.3 Å². The van der Waals surface area contributed by atoms with Gasteiger partial charge < -0.3 is 24.3 Å². The summed E-state index contributed by atoms with van der Waals surface area (Å²) in [4.78, 5) is 51.8. The van der Waals surface area contributed by atoms with Crippen molar-refractivity contribution in [3.8, 4) is 5.75 Å². The summed E-state index contributed by atoms with van der Waals surface area (Å²) in [5.74, 6) is 0.543. The number of carbonyl (C=O) groups is 4. The topological polar surface area (TPSA) is 120 Å². The van der Waals surface area contributed by atoms with Crippen molar-refractivity contribution in [3.05, 3.63) is 89.9 Å². The Hall–Kier alpha value is -5.14. The number of halogens is 3. The molecule has 0 amide bonds. The van der Waals surface area contributed by atoms with Gasteiger partial charge in [-0.2, -0.15) is 13.2 Å². The minimum atomic E-state index is -4.53. The lowest BCUT2D eigenvalue weighted by molar-refractivity contribution is -0.197. The van der Waals surface area contributed by atoms with Crippen LogP contribution in [0.4, 0.5) is 13.2 Å². The lowest BCUT2D eigenvalue weighted by Gasteiger charge is -2.40. The van der Waals surface area contributed by atoms with Crippen molar-refractivity contribution in [1.29, 1.82) is 0 Å². The van der Waals surface area contributed by atoms with Crippen molar-refractivity contribution in [2.24, 2.45) is 24.8 Å². The molecule has 3 atom stereocenters. The molecule has 1 saturated carbocycles. The fraction of sp³-hybridized carbons (Fsp3) is 0.561. The Balaban J connectivity index is 0.000000262. The predicted octanol–water partition coefficient (Wildman–Crippen LogP) is 13.1. The number of Topliss-reactive ketones (excluding diaryl/α,β-unsaturated/α-hetero) is 3. The number of carbonyl (C=O) groups excluding carboxylic acids is 4. The number of hydrogen-bond acceptors (Lipinski definition) is 9. The number of dihydropyridines is 1. The summed E-state index contributed by atoms with van der Waals surface area (Å²) in [5, 5.41) is 5.82. The maximum Gasteiger partial charge on any atom is 0.425 e. The molecule has 7 rings (SSSR count). The Morgan fingerprint density at radius 3 is 2.24 bits per heavy atom. The summed E-state index contributed by atoms with van der Waals surface area (Å²) in [6.07, 6.45) is 13.3. The standard InChI is InChI=1S/C28H40F3NO4.C18H17N3.C9H16O2.C2H6/c1-4-20-15-24(16-20)35-22-10-13-32(14-11-22)12-6-5-7-26(28(29,30)31)36-23-9-8-21(18-33)25(17-23)27(34)19(2)3;1-12-3-4-14(10-20-12)13-5-6-15-16-11-19-8-7-17(16)21(2)18(15)9-13;1-4-9(11)6-5-7(2)8(3)10;1-2/h8-9,17-20,22,24,26H,4-7,10-16H2,1-3H3;3-12,20H,1-2H3;7H,4-6H2,1-3H3;1-2H3. The molecule has 2 aromatic heterocycles. The summed E-state index contributed by atoms with van der Waals surface area (Å²) in [6.45, 7) is 19.6. The number of aromatic nitrogens is 2. The normalized spacial score (nSPS) is 18.9. The van der Waals surface area contributed by atoms with E-state index in [1.54, 1.807) is 20.8 Å². The first kappa shape index (κ1) is 57.4. The fourth-order valence-electron chi connectivity index (χ4n) is 8.76. The number of pyridine rings is 1. The molecule has 384 valence electrons. The highest BCUT2D eigenvalue weighted by atomic mass is 19.4. The van der Waals surface area contributed by atoms with Gasteiger partial charge in [-0.15, -0.1) is 0 Å². The summed E-state index contributed by atoms with van der Waals surface area (Å²) >= 11 is 0. The molecule has 4 heterocycles. The Bertz CT molecular complexity index is 2370. The van der Waals surface area contributed by atoms with E-state index in [1.165, 1.54) is 70.4 Å². The molecule has 1 N–H and O–H groups in total. The first-order valence-corrected chi connectivity index (χ1v) is 25.7. The van der Waals surface area contributed by atoms with Gasteiger partial charge in [0.25, 0.3) is 0 Å². The highest BCUT2D eigenvalue weighted by Crippen LogP contribution is 2.35. The van der Waals surface area contributed by atoms with Crippen LogP contribution in [-0.2, 0) is 21.4 Å². The number of likely N-dealkylation sites (tertiary alicyclic amines) is 1. The molecule has 2 aromatic carbocycles. The molecule has 0 radical (unpaired) electrons. The largest absolute Gasteiger partial charge is 0.481 e. The van der Waals surface area contributed by atoms with Crippen molar-refractivity contribution < 1.29 is 41.8 Å². The molecule has 0 bridgehead atoms. The van der Waals surface area contributed by atoms with Crippen LogP contribution < -0.4 is 10.1 Å². The number of alkyl halides is 3. The fourth-order valence-corrected chi connectivity index (χ4v) is 8.76. The number of nitrogens with one attached hydrogen (secondary N) is 1. The maximum atomic E-state index is 13.7. The van der Waals surface area contributed by atoms with Crippen molar-refractivity contribution in [2.75, 3.05) is 19.6 Å². The third-order valence-electron chi connectivity index (χ3n) is 13.6. The first-order valence-electron chi connectivity index (χ1n) is 25.7. The van der Waals surface area contributed by atoms with Crippen molar-refractivity contribution >= 4 is 51.0 Å². The molecule has 70 heavy (non-hydrogen) atoms. The van der Waals surface area contributed by atoms with Crippen molar-refractivity contribution in [3.63, 3.8) is 0 Å². The minimum Gasteiger partial charge on any atom is -0.481 e. The third-order valence-corrected chi connectivity index (χ3v) is 13.6. The number of fused-ring (bicyclic) bond motifs is 3. The van der Waals surface area contributed by atoms with E-state index in [-0.39, 0.29) is 52.5 Å². The Morgan fingerprint density at radius 1 is 0.929 bits per heavy atom. The lowest BCUT2D eigenvalue weighted by Crippen LogP contribution is -2.41. The SMILES string of the molecule is CC.CC1C=CC(c2ccc3c4cnccc4n(C)c3c2)=CN1.CCC(=O)CCC(C)C(C)=O.CCC1CC(OC2CCN(CCCCC(Oc3ccc(C=O)c(C(=O)C(C)C)c3)C(F)(F)F)CC2)C1. The van der Waals surface area contributed by atoms with Crippen LogP contribution in [0.1, 0.15) is 159 Å². The van der Waals surface area contributed by atoms with Gasteiger partial charge in [0.2, 0.25) is 0 Å². The van der Waals surface area contributed by atoms with Crippen LogP contribution in [0.25, 0.3) is 27.4 Å². The third kappa shape index (κ3) is 16.7. The number of ether oxygens (including phenoxy) is 2. The average Bonchev–Trinajstić information content (AvgIpc) is 3.63. The van der Waals surface area contributed by atoms with E-state index in [0.29, 0.717) is 56.6 Å². The zero-order chi connectivity index (χ0) is 51.5. The van der Waals surface area contributed by atoms with Gasteiger partial charge in [-0.3, -0.25) is 24.2 Å². The summed E-state index contributed by atoms with van der Waals surface area (Å²) in [6, 6.07) is 13.0. The van der Waals surface area contributed by atoms with Gasteiger partial charge >= 0.3 is 6.18 Å². The molecule has 1 aliphatic carbocycles. The van der Waals surface area contributed by atoms with Gasteiger partial charge in [0.05, 0.1) is 17.7 Å². The molecule has 4 aromatic rings. The number of piperidine rings is 1. The van der Waals surface area contributed by atoms with Gasteiger partial charge in [-0.05, 0) is 119 Å². The van der Waals surface area contributed by atoms with E-state index in [0.717, 1.165) is 38.4 Å². The van der Waals surface area contributed by atoms with Crippen LogP contribution in [0, 0.1) is 17.8 Å². The molecule has 2 fully saturated rings. The second kappa shape index (κ2) is 28.0. The van der Waals surface area contributed by atoms with E-state index >= 15 is 0 Å². The molecule has 1 saturated heterocycles. The van der Waals surface area contributed by atoms with Gasteiger partial charge in [-0.25, -0.2) is 0 Å². The lowest BCUT2D eigenvalue weighted by atomic mass is 9.80. The van der Waals surface area contributed by atoms with Crippen molar-refractivity contribution in [2.45, 2.75) is 163 Å². The molecule has 2 aliphatic heterocycles. The molecular weight excluding hydrogens is 894 g/mol. The van der Waals surface area contributed by atoms with Gasteiger partial charge in [0, 0.05) is 96.9 Å². The number of hydrogen-bond donors (Lipinski definition) is 1. The average molecular weight is 973 g/mol. The highest BCUT2D eigenvalue weighted by molar-refractivity contribution is 6.08. The molecule has 3 unspecified atom stereocenters. The van der Waals surface area contributed by atoms with Crippen molar-refractivity contribution in [1.82, 2.24) is 19.8 Å². The minimum absolute atomic E-state index is 0.0468. The number of rotatable bonds is 19. The van der Waals surface area contributed by atoms with Crippen LogP contribution >= 0.6 is 0 Å². The van der Waals surface area contributed by atoms with Crippen LogP contribution in [0.2, 0.25) is 0 Å². The van der Waals surface area contributed by atoms with E-state index in [1.807, 2.05) is 40.1 Å². The number of allylic oxidation sites excluding steroid dienone is 2. The smallest absolute Gasteiger partial charge is 0.425 e. The van der Waals surface area contributed by atoms with Crippen LogP contribution in [0.5, 0.6) is 5.75 Å². The summed E-state index contributed by atoms with van der Waals surface area (Å²) < 4.78 is 54.8. The first-order chi connectivity index (χ1) is 33.4. The predicted molar refractivity (Wildman–Crippen MR) is 276 cm³/mol. The monoisotopic (exact) mass is 973 g/mol. The Morgan fingerprint density at radius 2 is 1.64 bits per heavy atom. The zero-order valence-corrected chi connectivity index (χ0v) is 43.4. The molecule has 3 aliphatic rings. The van der Waals surface area contributed by atoms with Crippen LogP contribution in [0.3, 0.4) is 0 Å². The number of aldehydes is 1. The van der Waals surface area contributed by atoms with E-state index < -0.39 is 12.3 Å². The van der Waals surface area contributed by atoms with Crippen LogP contribution in [-0.4, -0.2) is 88.3 Å². The molecule has 0 spiro atoms. The van der Waals surface area contributed by atoms with E-state index in [9.17, 15) is 32.3 Å². The highest BCUT2D eigenvalue weighted by Gasteiger charge is 2.41. The second-order valence-electron chi connectivity index (χ2n) is 19.1. The quantitative estimate of drug-likeness (QED) is 0.0556. The van der Waals surface area contributed by atoms with Gasteiger partial charge in [0.15, 0.2) is 18.2 Å². The number of aryl methyl sites for hydroxylation is 1. The summed E-state index contributed by atoms with van der Waals surface area (Å²) in [5.41, 5.74) is 5.15. The molecule has 13 heteroatoms. The van der Waals surface area contributed by atoms with E-state index in [4.69, 9.17) is 9.47 Å². The molecule has 10 nitrogen and oxygen atoms in total. The number of benzene rings is 2. The second-order valence-corrected chi connectivity index (χ2v) is 19.1.